The van der Waals surface area contributed by atoms with Crippen molar-refractivity contribution in [2.24, 2.45) is 5.73 Å². The zero-order valence-corrected chi connectivity index (χ0v) is 15.9. The van der Waals surface area contributed by atoms with Crippen LogP contribution >= 0.6 is 11.6 Å². The average Bonchev–Trinajstić information content (AvgIpc) is 2.69. The minimum Gasteiger partial charge on any atom is -0.382 e. The highest BCUT2D eigenvalue weighted by Gasteiger charge is 2.13. The van der Waals surface area contributed by atoms with Crippen LogP contribution < -0.4 is 16.8 Å². The number of anilines is 1. The summed E-state index contributed by atoms with van der Waals surface area (Å²) in [7, 11) is 0. The number of rotatable bonds is 6. The summed E-state index contributed by atoms with van der Waals surface area (Å²) in [6.07, 6.45) is 1.75. The van der Waals surface area contributed by atoms with Gasteiger partial charge in [-0.25, -0.2) is 14.4 Å². The maximum absolute atomic E-state index is 13.8. The number of nitrogens with one attached hydrogen (secondary N) is 1. The topological polar surface area (TPSA) is 124 Å². The van der Waals surface area contributed by atoms with Crippen LogP contribution in [-0.2, 0) is 13.0 Å². The van der Waals surface area contributed by atoms with Crippen molar-refractivity contribution < 1.29 is 14.0 Å². The van der Waals surface area contributed by atoms with Crippen molar-refractivity contribution in [3.63, 3.8) is 0 Å². The number of amides is 2. The third-order valence-electron chi connectivity index (χ3n) is 4.15. The Morgan fingerprint density at radius 2 is 1.93 bits per heavy atom. The lowest BCUT2D eigenvalue weighted by atomic mass is 10.1. The molecule has 0 saturated carbocycles. The van der Waals surface area contributed by atoms with E-state index < -0.39 is 11.7 Å². The first kappa shape index (κ1) is 20.2. The molecule has 0 aliphatic heterocycles. The number of hydrogen-bond donors (Lipinski definition) is 3. The van der Waals surface area contributed by atoms with Gasteiger partial charge in [0.15, 0.2) is 11.5 Å². The van der Waals surface area contributed by atoms with E-state index in [9.17, 15) is 14.0 Å². The van der Waals surface area contributed by atoms with Gasteiger partial charge >= 0.3 is 0 Å². The Kier molecular flexibility index (Phi) is 6.04. The zero-order chi connectivity index (χ0) is 21.0. The zero-order valence-electron chi connectivity index (χ0n) is 15.2. The Hall–Kier alpha value is -3.52. The number of nitrogen functional groups attached to an aromatic ring is 1. The molecule has 5 N–H and O–H groups in total. The van der Waals surface area contributed by atoms with E-state index >= 15 is 0 Å². The summed E-state index contributed by atoms with van der Waals surface area (Å²) >= 11 is 5.97. The van der Waals surface area contributed by atoms with E-state index in [0.29, 0.717) is 17.7 Å². The van der Waals surface area contributed by atoms with E-state index in [-0.39, 0.29) is 34.5 Å². The number of primary amides is 1. The lowest BCUT2D eigenvalue weighted by Crippen LogP contribution is -2.23. The molecule has 148 valence electrons. The second-order valence-corrected chi connectivity index (χ2v) is 6.63. The van der Waals surface area contributed by atoms with Crippen LogP contribution in [0.25, 0.3) is 0 Å². The SMILES string of the molecule is NC(=O)c1nc(Cc2cccc(C(=O)NCc3c(F)cccc3Cl)c2)cnc1N. The maximum atomic E-state index is 13.8. The molecule has 3 rings (SSSR count). The van der Waals surface area contributed by atoms with Crippen molar-refractivity contribution in [1.82, 2.24) is 15.3 Å². The largest absolute Gasteiger partial charge is 0.382 e. The molecule has 1 aromatic heterocycles. The molecule has 2 amide bonds. The fourth-order valence-electron chi connectivity index (χ4n) is 2.71. The minimum absolute atomic E-state index is 0.0406. The van der Waals surface area contributed by atoms with Crippen LogP contribution in [0.4, 0.5) is 10.2 Å². The predicted octanol–water partition coefficient (Wildman–Crippen LogP) is 2.47. The summed E-state index contributed by atoms with van der Waals surface area (Å²) in [4.78, 5) is 31.8. The Morgan fingerprint density at radius 3 is 2.66 bits per heavy atom. The summed E-state index contributed by atoms with van der Waals surface area (Å²) in [6, 6.07) is 11.1. The van der Waals surface area contributed by atoms with E-state index in [1.807, 2.05) is 0 Å². The van der Waals surface area contributed by atoms with Gasteiger partial charge in [-0.15, -0.1) is 0 Å². The van der Waals surface area contributed by atoms with Crippen LogP contribution in [0.15, 0.2) is 48.7 Å². The molecule has 3 aromatic rings. The third kappa shape index (κ3) is 4.85. The molecule has 0 saturated heterocycles. The summed E-state index contributed by atoms with van der Waals surface area (Å²) in [5.74, 6) is -1.68. The van der Waals surface area contributed by atoms with Crippen molar-refractivity contribution in [1.29, 1.82) is 0 Å². The Morgan fingerprint density at radius 1 is 1.17 bits per heavy atom. The van der Waals surface area contributed by atoms with Crippen LogP contribution in [0.1, 0.15) is 37.7 Å². The first-order valence-corrected chi connectivity index (χ1v) is 8.94. The Bertz CT molecular complexity index is 1070. The van der Waals surface area contributed by atoms with Gasteiger partial charge in [-0.1, -0.05) is 29.8 Å². The smallest absolute Gasteiger partial charge is 0.271 e. The van der Waals surface area contributed by atoms with Gasteiger partial charge in [0.05, 0.1) is 11.9 Å². The molecule has 7 nitrogen and oxygen atoms in total. The fourth-order valence-corrected chi connectivity index (χ4v) is 2.93. The summed E-state index contributed by atoms with van der Waals surface area (Å²) in [5, 5.41) is 2.89. The van der Waals surface area contributed by atoms with Crippen molar-refractivity contribution in [2.45, 2.75) is 13.0 Å². The minimum atomic E-state index is -0.767. The highest BCUT2D eigenvalue weighted by molar-refractivity contribution is 6.31. The van der Waals surface area contributed by atoms with E-state index in [0.717, 1.165) is 5.56 Å². The number of carbonyl (C=O) groups excluding carboxylic acids is 2. The van der Waals surface area contributed by atoms with Gasteiger partial charge in [0.2, 0.25) is 0 Å². The first-order chi connectivity index (χ1) is 13.8. The van der Waals surface area contributed by atoms with E-state index in [2.05, 4.69) is 15.3 Å². The highest BCUT2D eigenvalue weighted by Crippen LogP contribution is 2.19. The normalized spacial score (nSPS) is 10.6. The van der Waals surface area contributed by atoms with Crippen LogP contribution in [-0.4, -0.2) is 21.8 Å². The molecular weight excluding hydrogens is 397 g/mol. The second-order valence-electron chi connectivity index (χ2n) is 6.22. The molecule has 0 atom stereocenters. The van der Waals surface area contributed by atoms with Gasteiger partial charge in [-0.3, -0.25) is 9.59 Å². The van der Waals surface area contributed by atoms with Gasteiger partial charge in [-0.2, -0.15) is 0 Å². The molecule has 0 aliphatic carbocycles. The molecular formula is C20H17ClFN5O2. The average molecular weight is 414 g/mol. The van der Waals surface area contributed by atoms with Crippen molar-refractivity contribution in [3.8, 4) is 0 Å². The third-order valence-corrected chi connectivity index (χ3v) is 4.50. The fraction of sp³-hybridized carbons (Fsp3) is 0.100. The molecule has 0 radical (unpaired) electrons. The maximum Gasteiger partial charge on any atom is 0.271 e. The van der Waals surface area contributed by atoms with Gasteiger partial charge in [0.25, 0.3) is 11.8 Å². The van der Waals surface area contributed by atoms with Crippen molar-refractivity contribution in [3.05, 3.63) is 87.6 Å². The van der Waals surface area contributed by atoms with Crippen LogP contribution in [0.5, 0.6) is 0 Å². The number of carbonyl (C=O) groups is 2. The molecule has 0 aliphatic rings. The molecule has 0 spiro atoms. The lowest BCUT2D eigenvalue weighted by molar-refractivity contribution is 0.0949. The molecule has 1 heterocycles. The second kappa shape index (κ2) is 8.66. The summed E-state index contributed by atoms with van der Waals surface area (Å²) in [5.41, 5.74) is 12.6. The van der Waals surface area contributed by atoms with Crippen LogP contribution in [0, 0.1) is 5.82 Å². The van der Waals surface area contributed by atoms with Crippen molar-refractivity contribution in [2.75, 3.05) is 5.73 Å². The number of nitrogens with two attached hydrogens (primary N) is 2. The number of benzene rings is 2. The molecule has 2 aromatic carbocycles. The predicted molar refractivity (Wildman–Crippen MR) is 107 cm³/mol. The van der Waals surface area contributed by atoms with Gasteiger partial charge in [0, 0.05) is 29.1 Å². The summed E-state index contributed by atoms with van der Waals surface area (Å²) < 4.78 is 13.8. The molecule has 29 heavy (non-hydrogen) atoms. The van der Waals surface area contributed by atoms with Gasteiger partial charge < -0.3 is 16.8 Å². The van der Waals surface area contributed by atoms with Gasteiger partial charge in [0.1, 0.15) is 5.82 Å². The Balaban J connectivity index is 1.73. The number of nitrogens with zero attached hydrogens (tertiary/aromatic N) is 2. The van der Waals surface area contributed by atoms with E-state index in [4.69, 9.17) is 23.1 Å². The molecule has 9 heteroatoms. The first-order valence-electron chi connectivity index (χ1n) is 8.56. The lowest BCUT2D eigenvalue weighted by Gasteiger charge is -2.09. The number of hydrogen-bond acceptors (Lipinski definition) is 5. The molecule has 0 fully saturated rings. The van der Waals surface area contributed by atoms with E-state index in [1.165, 1.54) is 18.3 Å². The van der Waals surface area contributed by atoms with Gasteiger partial charge in [-0.05, 0) is 29.8 Å². The molecule has 0 bridgehead atoms. The number of aromatic nitrogens is 2. The van der Waals surface area contributed by atoms with Crippen molar-refractivity contribution >= 4 is 29.2 Å². The van der Waals surface area contributed by atoms with E-state index in [1.54, 1.807) is 30.3 Å². The van der Waals surface area contributed by atoms with Crippen LogP contribution in [0.3, 0.4) is 0 Å². The van der Waals surface area contributed by atoms with Crippen LogP contribution in [0.2, 0.25) is 5.02 Å². The molecule has 0 unspecified atom stereocenters. The Labute approximate surface area is 170 Å². The standard InChI is InChI=1S/C20H17ClFN5O2/c21-15-5-2-6-16(22)14(15)10-26-20(29)12-4-1-3-11(7-12)8-13-9-25-18(23)17(27-13)19(24)28/h1-7,9H,8,10H2,(H2,23,25)(H2,24,28)(H,26,29). The monoisotopic (exact) mass is 413 g/mol. The highest BCUT2D eigenvalue weighted by atomic mass is 35.5. The summed E-state index contributed by atoms with van der Waals surface area (Å²) in [6.45, 7) is -0.0417. The quantitative estimate of drug-likeness (QED) is 0.572. The number of halogens is 2.